The highest BCUT2D eigenvalue weighted by Gasteiger charge is 2.10. The van der Waals surface area contributed by atoms with E-state index in [4.69, 9.17) is 18.9 Å². The van der Waals surface area contributed by atoms with Crippen molar-refractivity contribution >= 4 is 5.78 Å². The van der Waals surface area contributed by atoms with Gasteiger partial charge in [0, 0.05) is 17.2 Å². The molecule has 210 valence electrons. The van der Waals surface area contributed by atoms with Crippen molar-refractivity contribution < 1.29 is 23.7 Å². The number of hydrogen-bond donors (Lipinski definition) is 0. The van der Waals surface area contributed by atoms with Crippen LogP contribution in [0.1, 0.15) is 15.9 Å². The van der Waals surface area contributed by atoms with Gasteiger partial charge in [-0.05, 0) is 108 Å². The highest BCUT2D eigenvalue weighted by atomic mass is 16.5. The van der Waals surface area contributed by atoms with Gasteiger partial charge in [0.2, 0.25) is 0 Å². The topological polar surface area (TPSA) is 54.0 Å². The number of benzene rings is 6. The molecule has 0 heterocycles. The van der Waals surface area contributed by atoms with Crippen molar-refractivity contribution in [1.29, 1.82) is 0 Å². The maximum Gasteiger partial charge on any atom is 0.193 e. The molecule has 0 amide bonds. The molecule has 5 heteroatoms. The molecule has 0 aromatic heterocycles. The Morgan fingerprint density at radius 3 is 1.23 bits per heavy atom. The third-order valence-electron chi connectivity index (χ3n) is 6.77. The normalized spacial score (nSPS) is 10.5. The van der Waals surface area contributed by atoms with Gasteiger partial charge in [0.1, 0.15) is 40.2 Å². The molecular weight excluding hydrogens is 536 g/mol. The summed E-state index contributed by atoms with van der Waals surface area (Å²) >= 11 is 0. The third-order valence-corrected chi connectivity index (χ3v) is 6.77. The predicted octanol–water partition coefficient (Wildman–Crippen LogP) is 9.97. The van der Waals surface area contributed by atoms with E-state index in [0.29, 0.717) is 39.9 Å². The molecule has 0 atom stereocenters. The zero-order valence-electron chi connectivity index (χ0n) is 23.5. The molecule has 0 bridgehead atoms. The zero-order chi connectivity index (χ0) is 29.4. The van der Waals surface area contributed by atoms with Gasteiger partial charge in [-0.15, -0.1) is 0 Å². The van der Waals surface area contributed by atoms with E-state index in [9.17, 15) is 4.79 Å². The maximum absolute atomic E-state index is 12.8. The molecule has 0 saturated heterocycles. The van der Waals surface area contributed by atoms with Gasteiger partial charge < -0.3 is 18.9 Å². The smallest absolute Gasteiger partial charge is 0.193 e. The van der Waals surface area contributed by atoms with Crippen LogP contribution in [0.3, 0.4) is 0 Å². The summed E-state index contributed by atoms with van der Waals surface area (Å²) in [6, 6.07) is 47.2. The lowest BCUT2D eigenvalue weighted by molar-refractivity contribution is 0.103. The van der Waals surface area contributed by atoms with Crippen LogP contribution in [0.2, 0.25) is 0 Å². The van der Waals surface area contributed by atoms with Crippen LogP contribution in [0, 0.1) is 0 Å². The fraction of sp³-hybridized carbons (Fsp3) is 0.0263. The number of carbonyl (C=O) groups is 1. The molecule has 43 heavy (non-hydrogen) atoms. The van der Waals surface area contributed by atoms with Crippen LogP contribution < -0.4 is 18.9 Å². The van der Waals surface area contributed by atoms with E-state index in [1.165, 1.54) is 0 Å². The number of hydrogen-bond acceptors (Lipinski definition) is 5. The van der Waals surface area contributed by atoms with Gasteiger partial charge in [0.15, 0.2) is 5.78 Å². The molecule has 0 fully saturated rings. The minimum atomic E-state index is -0.0651. The number of ketones is 1. The van der Waals surface area contributed by atoms with E-state index in [-0.39, 0.29) is 5.78 Å². The number of rotatable bonds is 10. The minimum Gasteiger partial charge on any atom is -0.497 e. The fourth-order valence-corrected chi connectivity index (χ4v) is 4.51. The van der Waals surface area contributed by atoms with E-state index in [1.54, 1.807) is 55.6 Å². The second kappa shape index (κ2) is 12.8. The number of carbonyl (C=O) groups excluding carboxylic acids is 1. The molecule has 6 aromatic carbocycles. The second-order valence-electron chi connectivity index (χ2n) is 9.72. The van der Waals surface area contributed by atoms with Crippen LogP contribution in [0.25, 0.3) is 11.1 Å². The summed E-state index contributed by atoms with van der Waals surface area (Å²) < 4.78 is 23.2. The Labute approximate surface area is 250 Å². The van der Waals surface area contributed by atoms with Crippen LogP contribution in [-0.4, -0.2) is 12.9 Å². The molecule has 0 aliphatic rings. The van der Waals surface area contributed by atoms with Gasteiger partial charge in [-0.1, -0.05) is 48.5 Å². The molecule has 0 aliphatic heterocycles. The van der Waals surface area contributed by atoms with Gasteiger partial charge in [-0.3, -0.25) is 4.79 Å². The van der Waals surface area contributed by atoms with Crippen molar-refractivity contribution in [3.63, 3.8) is 0 Å². The van der Waals surface area contributed by atoms with Gasteiger partial charge in [0.25, 0.3) is 0 Å². The van der Waals surface area contributed by atoms with Gasteiger partial charge in [0.05, 0.1) is 7.11 Å². The average molecular weight is 565 g/mol. The van der Waals surface area contributed by atoms with Crippen LogP contribution in [0.5, 0.6) is 40.2 Å². The number of ether oxygens (including phenoxy) is 4. The Morgan fingerprint density at radius 1 is 0.395 bits per heavy atom. The van der Waals surface area contributed by atoms with Crippen molar-refractivity contribution in [1.82, 2.24) is 0 Å². The monoisotopic (exact) mass is 564 g/mol. The molecule has 0 aliphatic carbocycles. The fourth-order valence-electron chi connectivity index (χ4n) is 4.51. The summed E-state index contributed by atoms with van der Waals surface area (Å²) in [5, 5.41) is 0. The second-order valence-corrected chi connectivity index (χ2v) is 9.72. The molecular formula is C38H28O5. The van der Waals surface area contributed by atoms with Crippen molar-refractivity contribution in [3.05, 3.63) is 163 Å². The number of methoxy groups -OCH3 is 1. The summed E-state index contributed by atoms with van der Waals surface area (Å²) in [5.74, 6) is 4.85. The Bertz CT molecular complexity index is 1790. The Kier molecular flexibility index (Phi) is 8.14. The SMILES string of the molecule is COc1ccc(C(=O)c2ccc(Oc3cccc(Oc4ccc(-c5ccc(Oc6ccccc6)cc5)cc4)c3)cc2)cc1. The van der Waals surface area contributed by atoms with Crippen LogP contribution in [-0.2, 0) is 0 Å². The van der Waals surface area contributed by atoms with E-state index in [2.05, 4.69) is 0 Å². The van der Waals surface area contributed by atoms with E-state index >= 15 is 0 Å². The Hall–Kier alpha value is -5.81. The lowest BCUT2D eigenvalue weighted by Crippen LogP contribution is -2.01. The summed E-state index contributed by atoms with van der Waals surface area (Å²) in [7, 11) is 1.60. The average Bonchev–Trinajstić information content (AvgIpc) is 3.06. The lowest BCUT2D eigenvalue weighted by atomic mass is 10.0. The van der Waals surface area contributed by atoms with Crippen molar-refractivity contribution in [2.45, 2.75) is 0 Å². The third kappa shape index (κ3) is 6.92. The highest BCUT2D eigenvalue weighted by Crippen LogP contribution is 2.31. The largest absolute Gasteiger partial charge is 0.497 e. The molecule has 0 unspecified atom stereocenters. The Morgan fingerprint density at radius 2 is 0.767 bits per heavy atom. The van der Waals surface area contributed by atoms with Gasteiger partial charge >= 0.3 is 0 Å². The molecule has 5 nitrogen and oxygen atoms in total. The van der Waals surface area contributed by atoms with Gasteiger partial charge in [-0.2, -0.15) is 0 Å². The van der Waals surface area contributed by atoms with E-state index in [1.807, 2.05) is 103 Å². The van der Waals surface area contributed by atoms with E-state index in [0.717, 1.165) is 22.6 Å². The summed E-state index contributed by atoms with van der Waals surface area (Å²) in [5.41, 5.74) is 3.33. The van der Waals surface area contributed by atoms with E-state index < -0.39 is 0 Å². The molecule has 0 radical (unpaired) electrons. The van der Waals surface area contributed by atoms with Crippen molar-refractivity contribution in [2.24, 2.45) is 0 Å². The van der Waals surface area contributed by atoms with Crippen LogP contribution >= 0.6 is 0 Å². The first-order valence-corrected chi connectivity index (χ1v) is 13.8. The summed E-state index contributed by atoms with van der Waals surface area (Å²) in [4.78, 5) is 12.8. The first kappa shape index (κ1) is 27.4. The quantitative estimate of drug-likeness (QED) is 0.155. The minimum absolute atomic E-state index is 0.0651. The first-order chi connectivity index (χ1) is 21.1. The molecule has 0 saturated carbocycles. The molecule has 0 spiro atoms. The summed E-state index contributed by atoms with van der Waals surface area (Å²) in [6.45, 7) is 0. The van der Waals surface area contributed by atoms with Crippen LogP contribution in [0.15, 0.2) is 152 Å². The van der Waals surface area contributed by atoms with Crippen molar-refractivity contribution in [2.75, 3.05) is 7.11 Å². The van der Waals surface area contributed by atoms with Gasteiger partial charge in [-0.25, -0.2) is 0 Å². The first-order valence-electron chi connectivity index (χ1n) is 13.8. The Balaban J connectivity index is 1.06. The highest BCUT2D eigenvalue weighted by molar-refractivity contribution is 6.09. The predicted molar refractivity (Wildman–Crippen MR) is 168 cm³/mol. The molecule has 6 aromatic rings. The number of para-hydroxylation sites is 1. The lowest BCUT2D eigenvalue weighted by Gasteiger charge is -2.11. The van der Waals surface area contributed by atoms with Crippen LogP contribution in [0.4, 0.5) is 0 Å². The maximum atomic E-state index is 12.8. The molecule has 0 N–H and O–H groups in total. The van der Waals surface area contributed by atoms with Crippen molar-refractivity contribution in [3.8, 4) is 51.4 Å². The standard InChI is InChI=1S/C38H28O5/c1-40-31-18-14-29(15-19-31)38(39)30-16-24-35(25-17-30)43-37-9-5-8-36(26-37)42-34-22-12-28(13-23-34)27-10-20-33(21-11-27)41-32-6-3-2-4-7-32/h2-26H,1H3. The molecule has 6 rings (SSSR count). The zero-order valence-corrected chi connectivity index (χ0v) is 23.5. The summed E-state index contributed by atoms with van der Waals surface area (Å²) in [6.07, 6.45) is 0.